The van der Waals surface area contributed by atoms with Crippen LogP contribution in [-0.2, 0) is 0 Å². The molecule has 19 heavy (non-hydrogen) atoms. The van der Waals surface area contributed by atoms with E-state index in [1.807, 2.05) is 30.3 Å². The normalized spacial score (nSPS) is 12.3. The lowest BCUT2D eigenvalue weighted by atomic mass is 10.1. The van der Waals surface area contributed by atoms with Crippen molar-refractivity contribution in [3.63, 3.8) is 0 Å². The lowest BCUT2D eigenvalue weighted by molar-refractivity contribution is 0.878. The van der Waals surface area contributed by atoms with Gasteiger partial charge in [-0.3, -0.25) is 0 Å². The average molecular weight is 468 g/mol. The number of anilines is 1. The molecule has 100 valence electrons. The third-order valence-corrected chi connectivity index (χ3v) is 4.73. The Morgan fingerprint density at radius 2 is 1.63 bits per heavy atom. The van der Waals surface area contributed by atoms with E-state index in [2.05, 4.69) is 66.1 Å². The molecule has 0 aliphatic carbocycles. The molecule has 1 unspecified atom stereocenters. The van der Waals surface area contributed by atoms with Gasteiger partial charge in [0.05, 0.1) is 10.7 Å². The van der Waals surface area contributed by atoms with E-state index >= 15 is 0 Å². The van der Waals surface area contributed by atoms with Crippen LogP contribution in [0, 0.1) is 0 Å². The van der Waals surface area contributed by atoms with E-state index in [0.717, 1.165) is 19.1 Å². The van der Waals surface area contributed by atoms with Crippen molar-refractivity contribution < 1.29 is 0 Å². The quantitative estimate of drug-likeness (QED) is 0.523. The number of benzene rings is 2. The smallest absolute Gasteiger partial charge is 0.0638 e. The van der Waals surface area contributed by atoms with Crippen LogP contribution in [0.15, 0.2) is 49.8 Å². The molecule has 0 bridgehead atoms. The molecule has 0 saturated heterocycles. The SMILES string of the molecule is CC(Nc1cc(Br)ccc1Cl)c1ccc(Br)cc1Br. The molecule has 0 amide bonds. The van der Waals surface area contributed by atoms with Crippen LogP contribution in [0.3, 0.4) is 0 Å². The predicted octanol–water partition coefficient (Wildman–Crippen LogP) is 6.80. The van der Waals surface area contributed by atoms with Crippen molar-refractivity contribution in [3.8, 4) is 0 Å². The van der Waals surface area contributed by atoms with Gasteiger partial charge in [-0.2, -0.15) is 0 Å². The maximum atomic E-state index is 6.19. The first-order valence-electron chi connectivity index (χ1n) is 5.64. The Bertz CT molecular complexity index is 601. The summed E-state index contributed by atoms with van der Waals surface area (Å²) in [6.45, 7) is 2.10. The van der Waals surface area contributed by atoms with Crippen LogP contribution in [0.5, 0.6) is 0 Å². The summed E-state index contributed by atoms with van der Waals surface area (Å²) < 4.78 is 3.12. The molecule has 0 aliphatic rings. The van der Waals surface area contributed by atoms with Gasteiger partial charge in [-0.15, -0.1) is 0 Å². The van der Waals surface area contributed by atoms with Crippen molar-refractivity contribution in [1.29, 1.82) is 0 Å². The summed E-state index contributed by atoms with van der Waals surface area (Å²) in [4.78, 5) is 0. The van der Waals surface area contributed by atoms with Crippen LogP contribution in [-0.4, -0.2) is 0 Å². The summed E-state index contributed by atoms with van der Waals surface area (Å²) in [6, 6.07) is 12.1. The fourth-order valence-electron chi connectivity index (χ4n) is 1.77. The molecule has 1 N–H and O–H groups in total. The van der Waals surface area contributed by atoms with Crippen molar-refractivity contribution in [3.05, 3.63) is 60.4 Å². The molecule has 1 atom stereocenters. The van der Waals surface area contributed by atoms with Gasteiger partial charge in [0.1, 0.15) is 0 Å². The summed E-state index contributed by atoms with van der Waals surface area (Å²) in [5.74, 6) is 0. The predicted molar refractivity (Wildman–Crippen MR) is 93.0 cm³/mol. The second-order valence-corrected chi connectivity index (χ2v) is 7.25. The number of hydrogen-bond donors (Lipinski definition) is 1. The number of rotatable bonds is 3. The zero-order chi connectivity index (χ0) is 14.0. The molecule has 0 aliphatic heterocycles. The van der Waals surface area contributed by atoms with E-state index in [1.165, 1.54) is 5.56 Å². The van der Waals surface area contributed by atoms with Gasteiger partial charge in [-0.05, 0) is 42.8 Å². The molecule has 0 heterocycles. The molecule has 0 spiro atoms. The first-order chi connectivity index (χ1) is 8.97. The Balaban J connectivity index is 2.25. The van der Waals surface area contributed by atoms with Gasteiger partial charge in [0.2, 0.25) is 0 Å². The highest BCUT2D eigenvalue weighted by Gasteiger charge is 2.11. The second-order valence-electron chi connectivity index (χ2n) is 4.16. The summed E-state index contributed by atoms with van der Waals surface area (Å²) in [6.07, 6.45) is 0. The molecule has 1 nitrogen and oxygen atoms in total. The maximum absolute atomic E-state index is 6.19. The first kappa shape index (κ1) is 15.4. The average Bonchev–Trinajstić information content (AvgIpc) is 2.33. The highest BCUT2D eigenvalue weighted by Crippen LogP contribution is 2.32. The number of hydrogen-bond acceptors (Lipinski definition) is 1. The molecule has 0 saturated carbocycles. The summed E-state index contributed by atoms with van der Waals surface area (Å²) in [5.41, 5.74) is 2.10. The minimum absolute atomic E-state index is 0.147. The highest BCUT2D eigenvalue weighted by atomic mass is 79.9. The number of nitrogens with one attached hydrogen (secondary N) is 1. The Morgan fingerprint density at radius 1 is 1.00 bits per heavy atom. The topological polar surface area (TPSA) is 12.0 Å². The van der Waals surface area contributed by atoms with Gasteiger partial charge in [0.25, 0.3) is 0 Å². The second kappa shape index (κ2) is 6.61. The molecular formula is C14H11Br3ClN. The molecule has 2 rings (SSSR count). The van der Waals surface area contributed by atoms with Crippen molar-refractivity contribution in [2.24, 2.45) is 0 Å². The Morgan fingerprint density at radius 3 is 2.32 bits per heavy atom. The Kier molecular flexibility index (Phi) is 5.35. The Labute approximate surface area is 143 Å². The fraction of sp³-hybridized carbons (Fsp3) is 0.143. The van der Waals surface area contributed by atoms with Crippen LogP contribution in [0.25, 0.3) is 0 Å². The zero-order valence-electron chi connectivity index (χ0n) is 10.1. The van der Waals surface area contributed by atoms with E-state index in [1.54, 1.807) is 0 Å². The molecule has 0 fully saturated rings. The van der Waals surface area contributed by atoms with Gasteiger partial charge in [0, 0.05) is 19.5 Å². The minimum Gasteiger partial charge on any atom is -0.377 e. The van der Waals surface area contributed by atoms with Crippen molar-refractivity contribution >= 4 is 65.1 Å². The third-order valence-electron chi connectivity index (χ3n) is 2.73. The maximum Gasteiger partial charge on any atom is 0.0638 e. The van der Waals surface area contributed by atoms with Gasteiger partial charge in [-0.25, -0.2) is 0 Å². The standard InChI is InChI=1S/C14H11Br3ClN/c1-8(11-4-2-9(15)6-12(11)17)19-14-7-10(16)3-5-13(14)18/h2-8,19H,1H3. The van der Waals surface area contributed by atoms with E-state index in [9.17, 15) is 0 Å². The van der Waals surface area contributed by atoms with E-state index < -0.39 is 0 Å². The molecule has 5 heteroatoms. The van der Waals surface area contributed by atoms with Crippen LogP contribution in [0.1, 0.15) is 18.5 Å². The third kappa shape index (κ3) is 3.97. The van der Waals surface area contributed by atoms with Crippen LogP contribution in [0.2, 0.25) is 5.02 Å². The molecule has 2 aromatic carbocycles. The summed E-state index contributed by atoms with van der Waals surface area (Å²) in [5, 5.41) is 4.13. The van der Waals surface area contributed by atoms with E-state index in [4.69, 9.17) is 11.6 Å². The van der Waals surface area contributed by atoms with Crippen LogP contribution < -0.4 is 5.32 Å². The summed E-state index contributed by atoms with van der Waals surface area (Å²) >= 11 is 16.7. The van der Waals surface area contributed by atoms with Crippen LogP contribution in [0.4, 0.5) is 5.69 Å². The molecule has 0 radical (unpaired) electrons. The fourth-order valence-corrected chi connectivity index (χ4v) is 3.70. The molecular weight excluding hydrogens is 457 g/mol. The minimum atomic E-state index is 0.147. The molecule has 0 aromatic heterocycles. The first-order valence-corrected chi connectivity index (χ1v) is 8.39. The van der Waals surface area contributed by atoms with Crippen LogP contribution >= 0.6 is 59.4 Å². The number of halogens is 4. The monoisotopic (exact) mass is 465 g/mol. The largest absolute Gasteiger partial charge is 0.377 e. The molecule has 2 aromatic rings. The van der Waals surface area contributed by atoms with E-state index in [0.29, 0.717) is 5.02 Å². The Hall–Kier alpha value is -0.0300. The zero-order valence-corrected chi connectivity index (χ0v) is 15.6. The lowest BCUT2D eigenvalue weighted by Crippen LogP contribution is -2.07. The lowest BCUT2D eigenvalue weighted by Gasteiger charge is -2.18. The summed E-state index contributed by atoms with van der Waals surface area (Å²) in [7, 11) is 0. The van der Waals surface area contributed by atoms with Gasteiger partial charge in [0.15, 0.2) is 0 Å². The van der Waals surface area contributed by atoms with Gasteiger partial charge >= 0.3 is 0 Å². The van der Waals surface area contributed by atoms with Gasteiger partial charge in [-0.1, -0.05) is 65.5 Å². The van der Waals surface area contributed by atoms with Crippen molar-refractivity contribution in [2.75, 3.05) is 5.32 Å². The van der Waals surface area contributed by atoms with Crippen molar-refractivity contribution in [1.82, 2.24) is 0 Å². The van der Waals surface area contributed by atoms with Gasteiger partial charge < -0.3 is 5.32 Å². The highest BCUT2D eigenvalue weighted by molar-refractivity contribution is 9.11. The van der Waals surface area contributed by atoms with E-state index in [-0.39, 0.29) is 6.04 Å². The van der Waals surface area contributed by atoms with Crippen molar-refractivity contribution in [2.45, 2.75) is 13.0 Å².